The fourth-order valence-electron chi connectivity index (χ4n) is 1.42. The van der Waals surface area contributed by atoms with Gasteiger partial charge in [0.2, 0.25) is 0 Å². The molecule has 0 saturated heterocycles. The molecule has 100 valence electrons. The Morgan fingerprint density at radius 1 is 1.28 bits per heavy atom. The predicted octanol–water partition coefficient (Wildman–Crippen LogP) is 3.05. The van der Waals surface area contributed by atoms with Gasteiger partial charge in [-0.05, 0) is 38.5 Å². The molecule has 18 heavy (non-hydrogen) atoms. The minimum atomic E-state index is -0.341. The van der Waals surface area contributed by atoms with Gasteiger partial charge >= 0.3 is 5.97 Å². The Bertz CT molecular complexity index is 399. The topological polar surface area (TPSA) is 44.8 Å². The number of rotatable bonds is 6. The molecule has 0 bridgehead atoms. The number of carbonyl (C=O) groups is 1. The first kappa shape index (κ1) is 14.4. The highest BCUT2D eigenvalue weighted by Crippen LogP contribution is 2.29. The van der Waals surface area contributed by atoms with Crippen molar-refractivity contribution in [2.45, 2.75) is 33.3 Å². The zero-order valence-corrected chi connectivity index (χ0v) is 11.4. The Labute approximate surface area is 108 Å². The van der Waals surface area contributed by atoms with Crippen LogP contribution < -0.4 is 9.47 Å². The van der Waals surface area contributed by atoms with Crippen LogP contribution in [0.5, 0.6) is 11.5 Å². The Morgan fingerprint density at radius 2 is 2.00 bits per heavy atom. The molecule has 0 aliphatic heterocycles. The van der Waals surface area contributed by atoms with Crippen LogP contribution in [0.1, 0.15) is 37.6 Å². The van der Waals surface area contributed by atoms with Crippen molar-refractivity contribution in [2.75, 3.05) is 13.7 Å². The van der Waals surface area contributed by atoms with Gasteiger partial charge in [-0.2, -0.15) is 0 Å². The number of benzene rings is 1. The van der Waals surface area contributed by atoms with Gasteiger partial charge in [0.1, 0.15) is 0 Å². The van der Waals surface area contributed by atoms with Gasteiger partial charge in [-0.15, -0.1) is 0 Å². The standard InChI is InChI=1S/C14H20O4/c1-5-8-17-14(15)11-6-7-12(18-10(2)3)13(9-11)16-4/h6-7,9-10H,5,8H2,1-4H3. The summed E-state index contributed by atoms with van der Waals surface area (Å²) >= 11 is 0. The van der Waals surface area contributed by atoms with E-state index in [1.54, 1.807) is 25.3 Å². The maximum atomic E-state index is 11.7. The van der Waals surface area contributed by atoms with Crippen LogP contribution in [0.15, 0.2) is 18.2 Å². The minimum absolute atomic E-state index is 0.0526. The van der Waals surface area contributed by atoms with Crippen LogP contribution in [0.25, 0.3) is 0 Å². The number of methoxy groups -OCH3 is 1. The van der Waals surface area contributed by atoms with E-state index in [1.807, 2.05) is 20.8 Å². The van der Waals surface area contributed by atoms with E-state index in [4.69, 9.17) is 14.2 Å². The van der Waals surface area contributed by atoms with Gasteiger partial charge in [0.25, 0.3) is 0 Å². The molecule has 0 radical (unpaired) electrons. The quantitative estimate of drug-likeness (QED) is 0.730. The van der Waals surface area contributed by atoms with Crippen molar-refractivity contribution >= 4 is 5.97 Å². The lowest BCUT2D eigenvalue weighted by Crippen LogP contribution is -2.09. The van der Waals surface area contributed by atoms with E-state index < -0.39 is 0 Å². The van der Waals surface area contributed by atoms with Crippen molar-refractivity contribution in [3.63, 3.8) is 0 Å². The summed E-state index contributed by atoms with van der Waals surface area (Å²) < 4.78 is 15.8. The molecule has 1 rings (SSSR count). The van der Waals surface area contributed by atoms with E-state index in [0.29, 0.717) is 23.7 Å². The third-order valence-corrected chi connectivity index (χ3v) is 2.20. The van der Waals surface area contributed by atoms with Gasteiger partial charge in [0.15, 0.2) is 11.5 Å². The van der Waals surface area contributed by atoms with Crippen molar-refractivity contribution in [3.05, 3.63) is 23.8 Å². The maximum absolute atomic E-state index is 11.7. The second-order valence-electron chi connectivity index (χ2n) is 4.17. The second-order valence-corrected chi connectivity index (χ2v) is 4.17. The van der Waals surface area contributed by atoms with Crippen LogP contribution in [0.2, 0.25) is 0 Å². The van der Waals surface area contributed by atoms with Gasteiger partial charge in [0.05, 0.1) is 25.4 Å². The first-order chi connectivity index (χ1) is 8.58. The van der Waals surface area contributed by atoms with Crippen molar-refractivity contribution in [1.82, 2.24) is 0 Å². The summed E-state index contributed by atoms with van der Waals surface area (Å²) in [5, 5.41) is 0. The van der Waals surface area contributed by atoms with Gasteiger partial charge in [-0.3, -0.25) is 0 Å². The average molecular weight is 252 g/mol. The van der Waals surface area contributed by atoms with Crippen LogP contribution >= 0.6 is 0 Å². The second kappa shape index (κ2) is 6.89. The minimum Gasteiger partial charge on any atom is -0.493 e. The van der Waals surface area contributed by atoms with Crippen LogP contribution in [-0.2, 0) is 4.74 Å². The van der Waals surface area contributed by atoms with Crippen LogP contribution in [-0.4, -0.2) is 25.8 Å². The van der Waals surface area contributed by atoms with Crippen LogP contribution in [0.4, 0.5) is 0 Å². The lowest BCUT2D eigenvalue weighted by molar-refractivity contribution is 0.0504. The molecule has 0 atom stereocenters. The molecule has 0 aromatic heterocycles. The van der Waals surface area contributed by atoms with E-state index >= 15 is 0 Å². The summed E-state index contributed by atoms with van der Waals surface area (Å²) in [4.78, 5) is 11.7. The molecule has 1 aromatic carbocycles. The number of hydrogen-bond acceptors (Lipinski definition) is 4. The Balaban J connectivity index is 2.87. The summed E-state index contributed by atoms with van der Waals surface area (Å²) in [6.07, 6.45) is 0.856. The molecule has 1 aromatic rings. The van der Waals surface area contributed by atoms with Crippen molar-refractivity contribution < 1.29 is 19.0 Å². The number of ether oxygens (including phenoxy) is 3. The van der Waals surface area contributed by atoms with Gasteiger partial charge < -0.3 is 14.2 Å². The van der Waals surface area contributed by atoms with Gasteiger partial charge in [-0.25, -0.2) is 4.79 Å². The summed E-state index contributed by atoms with van der Waals surface area (Å²) in [7, 11) is 1.55. The first-order valence-corrected chi connectivity index (χ1v) is 6.10. The molecular formula is C14H20O4. The summed E-state index contributed by atoms with van der Waals surface area (Å²) in [5.74, 6) is 0.820. The zero-order chi connectivity index (χ0) is 13.5. The molecule has 0 unspecified atom stereocenters. The van der Waals surface area contributed by atoms with E-state index in [2.05, 4.69) is 0 Å². The van der Waals surface area contributed by atoms with Gasteiger partial charge in [-0.1, -0.05) is 6.92 Å². The highest BCUT2D eigenvalue weighted by atomic mass is 16.5. The van der Waals surface area contributed by atoms with Crippen molar-refractivity contribution in [3.8, 4) is 11.5 Å². The highest BCUT2D eigenvalue weighted by Gasteiger charge is 2.12. The molecule has 4 heteroatoms. The summed E-state index contributed by atoms with van der Waals surface area (Å²) in [6, 6.07) is 5.04. The SMILES string of the molecule is CCCOC(=O)c1ccc(OC(C)C)c(OC)c1. The molecule has 0 aliphatic rings. The molecule has 0 fully saturated rings. The fourth-order valence-corrected chi connectivity index (χ4v) is 1.42. The van der Waals surface area contributed by atoms with Crippen molar-refractivity contribution in [2.24, 2.45) is 0 Å². The summed E-state index contributed by atoms with van der Waals surface area (Å²) in [5.41, 5.74) is 0.469. The van der Waals surface area contributed by atoms with E-state index in [1.165, 1.54) is 0 Å². The molecule has 0 spiro atoms. The van der Waals surface area contributed by atoms with E-state index in [0.717, 1.165) is 6.42 Å². The average Bonchev–Trinajstić information content (AvgIpc) is 2.35. The van der Waals surface area contributed by atoms with Gasteiger partial charge in [0, 0.05) is 0 Å². The normalized spacial score (nSPS) is 10.3. The smallest absolute Gasteiger partial charge is 0.338 e. The molecular weight excluding hydrogens is 232 g/mol. The lowest BCUT2D eigenvalue weighted by Gasteiger charge is -2.14. The fraction of sp³-hybridized carbons (Fsp3) is 0.500. The Hall–Kier alpha value is -1.71. The summed E-state index contributed by atoms with van der Waals surface area (Å²) in [6.45, 7) is 6.24. The van der Waals surface area contributed by atoms with E-state index in [9.17, 15) is 4.79 Å². The maximum Gasteiger partial charge on any atom is 0.338 e. The van der Waals surface area contributed by atoms with Crippen LogP contribution in [0.3, 0.4) is 0 Å². The molecule has 0 saturated carbocycles. The monoisotopic (exact) mass is 252 g/mol. The zero-order valence-electron chi connectivity index (χ0n) is 11.4. The molecule has 0 N–H and O–H groups in total. The van der Waals surface area contributed by atoms with E-state index in [-0.39, 0.29) is 12.1 Å². The number of esters is 1. The third kappa shape index (κ3) is 3.95. The lowest BCUT2D eigenvalue weighted by atomic mass is 10.2. The number of hydrogen-bond donors (Lipinski definition) is 0. The molecule has 4 nitrogen and oxygen atoms in total. The van der Waals surface area contributed by atoms with Crippen molar-refractivity contribution in [1.29, 1.82) is 0 Å². The Morgan fingerprint density at radius 3 is 2.56 bits per heavy atom. The highest BCUT2D eigenvalue weighted by molar-refractivity contribution is 5.90. The largest absolute Gasteiger partial charge is 0.493 e. The third-order valence-electron chi connectivity index (χ3n) is 2.20. The number of carbonyl (C=O) groups excluding carboxylic acids is 1. The molecule has 0 heterocycles. The Kier molecular flexibility index (Phi) is 5.49. The predicted molar refractivity (Wildman–Crippen MR) is 69.3 cm³/mol. The molecule has 0 aliphatic carbocycles. The van der Waals surface area contributed by atoms with Crippen LogP contribution in [0, 0.1) is 0 Å². The first-order valence-electron chi connectivity index (χ1n) is 6.10. The molecule has 0 amide bonds.